The van der Waals surface area contributed by atoms with Crippen molar-refractivity contribution < 1.29 is 14.0 Å². The van der Waals surface area contributed by atoms with Gasteiger partial charge < -0.3 is 9.73 Å². The molecule has 0 bridgehead atoms. The van der Waals surface area contributed by atoms with Crippen LogP contribution in [0.25, 0.3) is 11.0 Å². The van der Waals surface area contributed by atoms with E-state index >= 15 is 0 Å². The molecule has 0 saturated heterocycles. The zero-order chi connectivity index (χ0) is 20.5. The molecule has 1 saturated carbocycles. The predicted octanol–water partition coefficient (Wildman–Crippen LogP) is 7.06. The van der Waals surface area contributed by atoms with Crippen LogP contribution in [0.5, 0.6) is 0 Å². The lowest BCUT2D eigenvalue weighted by Gasteiger charge is -2.20. The van der Waals surface area contributed by atoms with Crippen molar-refractivity contribution in [2.75, 3.05) is 5.32 Å². The number of Topliss-reactive ketones (excluding diaryl/α,β-unsaturated/α-hetero) is 1. The Balaban J connectivity index is 1.70. The number of benzene rings is 2. The Labute approximate surface area is 179 Å². The summed E-state index contributed by atoms with van der Waals surface area (Å²) in [6, 6.07) is 10.3. The second-order valence-corrected chi connectivity index (χ2v) is 8.28. The molecule has 2 aromatic carbocycles. The average Bonchev–Trinajstić information content (AvgIpc) is 3.05. The lowest BCUT2D eigenvalue weighted by Crippen LogP contribution is -2.18. The summed E-state index contributed by atoms with van der Waals surface area (Å²) in [7, 11) is 0. The number of rotatable bonds is 4. The monoisotopic (exact) mass is 429 g/mol. The van der Waals surface area contributed by atoms with Crippen LogP contribution in [0.1, 0.15) is 58.6 Å². The van der Waals surface area contributed by atoms with Gasteiger partial charge in [-0.1, -0.05) is 60.7 Å². The summed E-state index contributed by atoms with van der Waals surface area (Å²) in [6.07, 6.45) is 5.21. The average molecular weight is 430 g/mol. The van der Waals surface area contributed by atoms with Crippen LogP contribution in [0, 0.1) is 12.8 Å². The highest BCUT2D eigenvalue weighted by Crippen LogP contribution is 2.36. The molecule has 1 N–H and O–H groups in total. The van der Waals surface area contributed by atoms with Gasteiger partial charge in [-0.05, 0) is 38.0 Å². The molecule has 4 rings (SSSR count). The Kier molecular flexibility index (Phi) is 5.66. The van der Waals surface area contributed by atoms with Gasteiger partial charge in [-0.25, -0.2) is 0 Å². The topological polar surface area (TPSA) is 59.3 Å². The van der Waals surface area contributed by atoms with Gasteiger partial charge >= 0.3 is 0 Å². The highest BCUT2D eigenvalue weighted by atomic mass is 35.5. The predicted molar refractivity (Wildman–Crippen MR) is 116 cm³/mol. The Hall–Kier alpha value is -2.30. The summed E-state index contributed by atoms with van der Waals surface area (Å²) in [4.78, 5) is 25.9. The van der Waals surface area contributed by atoms with Crippen molar-refractivity contribution in [3.8, 4) is 0 Å². The van der Waals surface area contributed by atoms with Gasteiger partial charge in [0.1, 0.15) is 5.76 Å². The fraction of sp³-hybridized carbons (Fsp3) is 0.304. The number of anilines is 1. The summed E-state index contributed by atoms with van der Waals surface area (Å²) >= 11 is 12.3. The van der Waals surface area contributed by atoms with E-state index in [9.17, 15) is 9.59 Å². The molecule has 3 aromatic rings. The number of aryl methyl sites for hydroxylation is 1. The lowest BCUT2D eigenvalue weighted by atomic mass is 9.83. The van der Waals surface area contributed by atoms with E-state index in [-0.39, 0.29) is 27.3 Å². The van der Waals surface area contributed by atoms with Crippen molar-refractivity contribution in [2.45, 2.75) is 39.0 Å². The van der Waals surface area contributed by atoms with E-state index in [0.29, 0.717) is 22.6 Å². The first-order chi connectivity index (χ1) is 14.0. The second-order valence-electron chi connectivity index (χ2n) is 7.47. The van der Waals surface area contributed by atoms with Crippen molar-refractivity contribution in [1.29, 1.82) is 0 Å². The Bertz CT molecular complexity index is 1080. The van der Waals surface area contributed by atoms with Gasteiger partial charge in [0.05, 0.1) is 26.9 Å². The van der Waals surface area contributed by atoms with E-state index in [1.165, 1.54) is 6.42 Å². The third kappa shape index (κ3) is 3.79. The molecular formula is C23H21Cl2NO3. The largest absolute Gasteiger partial charge is 0.458 e. The fourth-order valence-corrected chi connectivity index (χ4v) is 4.68. The smallest absolute Gasteiger partial charge is 0.258 e. The Morgan fingerprint density at radius 2 is 1.62 bits per heavy atom. The molecule has 1 aliphatic rings. The van der Waals surface area contributed by atoms with Crippen LogP contribution in [0.2, 0.25) is 10.0 Å². The van der Waals surface area contributed by atoms with Crippen LogP contribution >= 0.6 is 23.2 Å². The number of ketones is 1. The first-order valence-corrected chi connectivity index (χ1v) is 10.5. The molecule has 0 radical (unpaired) electrons. The maximum absolute atomic E-state index is 13.2. The summed E-state index contributed by atoms with van der Waals surface area (Å²) < 4.78 is 5.94. The van der Waals surface area contributed by atoms with Crippen LogP contribution in [-0.2, 0) is 0 Å². The molecule has 0 spiro atoms. The molecule has 1 aromatic heterocycles. The molecule has 6 heteroatoms. The lowest BCUT2D eigenvalue weighted by molar-refractivity contribution is 0.0889. The van der Waals surface area contributed by atoms with Crippen LogP contribution in [0.4, 0.5) is 5.69 Å². The van der Waals surface area contributed by atoms with Crippen molar-refractivity contribution in [2.24, 2.45) is 5.92 Å². The molecule has 150 valence electrons. The number of carbonyl (C=O) groups is 2. The number of hydrogen-bond donors (Lipinski definition) is 1. The standard InChI is InChI=1S/C23H21Cl2NO3/c1-13-19(21(27)14-7-3-2-4-8-14)15-9-5-12-18(22(15)29-13)26-23(28)20-16(24)10-6-11-17(20)25/h5-6,9-12,14H,2-4,7-8H2,1H3,(H,26,28). The molecule has 0 aliphatic heterocycles. The number of nitrogens with one attached hydrogen (secondary N) is 1. The van der Waals surface area contributed by atoms with E-state index in [2.05, 4.69) is 5.32 Å². The summed E-state index contributed by atoms with van der Waals surface area (Å²) in [5.74, 6) is 0.331. The maximum atomic E-state index is 13.2. The zero-order valence-electron chi connectivity index (χ0n) is 16.1. The molecular weight excluding hydrogens is 409 g/mol. The number of carbonyl (C=O) groups excluding carboxylic acids is 2. The van der Waals surface area contributed by atoms with Crippen LogP contribution < -0.4 is 5.32 Å². The SMILES string of the molecule is Cc1oc2c(NC(=O)c3c(Cl)cccc3Cl)cccc2c1C(=O)C1CCCCC1. The molecule has 1 aliphatic carbocycles. The normalized spacial score (nSPS) is 14.9. The number of para-hydroxylation sites is 1. The molecule has 0 atom stereocenters. The molecule has 1 heterocycles. The van der Waals surface area contributed by atoms with Gasteiger partial charge in [-0.15, -0.1) is 0 Å². The summed E-state index contributed by atoms with van der Waals surface area (Å²) in [5.41, 5.74) is 1.79. The van der Waals surface area contributed by atoms with Gasteiger partial charge in [0.15, 0.2) is 11.4 Å². The number of furan rings is 1. The van der Waals surface area contributed by atoms with Crippen molar-refractivity contribution >= 4 is 51.5 Å². The minimum Gasteiger partial charge on any atom is -0.458 e. The molecule has 29 heavy (non-hydrogen) atoms. The first kappa shape index (κ1) is 20.0. The second kappa shape index (κ2) is 8.21. The van der Waals surface area contributed by atoms with E-state index in [0.717, 1.165) is 31.1 Å². The van der Waals surface area contributed by atoms with Gasteiger partial charge in [-0.2, -0.15) is 0 Å². The number of amides is 1. The highest BCUT2D eigenvalue weighted by molar-refractivity contribution is 6.40. The van der Waals surface area contributed by atoms with E-state index in [1.54, 1.807) is 37.3 Å². The number of halogens is 2. The van der Waals surface area contributed by atoms with Crippen LogP contribution in [0.3, 0.4) is 0 Å². The van der Waals surface area contributed by atoms with Crippen LogP contribution in [-0.4, -0.2) is 11.7 Å². The maximum Gasteiger partial charge on any atom is 0.258 e. The third-order valence-electron chi connectivity index (χ3n) is 5.55. The van der Waals surface area contributed by atoms with Crippen molar-refractivity contribution in [3.63, 3.8) is 0 Å². The number of fused-ring (bicyclic) bond motifs is 1. The fourth-order valence-electron chi connectivity index (χ4n) is 4.11. The van der Waals surface area contributed by atoms with Gasteiger partial charge in [0, 0.05) is 11.3 Å². The Morgan fingerprint density at radius 1 is 0.966 bits per heavy atom. The van der Waals surface area contributed by atoms with Crippen LogP contribution in [0.15, 0.2) is 40.8 Å². The number of hydrogen-bond acceptors (Lipinski definition) is 3. The minimum absolute atomic E-state index is 0.0448. The quantitative estimate of drug-likeness (QED) is 0.451. The summed E-state index contributed by atoms with van der Waals surface area (Å²) in [6.45, 7) is 1.80. The molecule has 1 amide bonds. The molecule has 4 nitrogen and oxygen atoms in total. The Morgan fingerprint density at radius 3 is 2.31 bits per heavy atom. The summed E-state index contributed by atoms with van der Waals surface area (Å²) in [5, 5.41) is 4.09. The van der Waals surface area contributed by atoms with E-state index in [1.807, 2.05) is 6.07 Å². The molecule has 0 unspecified atom stereocenters. The van der Waals surface area contributed by atoms with Gasteiger partial charge in [-0.3, -0.25) is 9.59 Å². The molecule has 1 fully saturated rings. The van der Waals surface area contributed by atoms with Gasteiger partial charge in [0.2, 0.25) is 0 Å². The zero-order valence-corrected chi connectivity index (χ0v) is 17.6. The third-order valence-corrected chi connectivity index (χ3v) is 6.18. The van der Waals surface area contributed by atoms with Gasteiger partial charge in [0.25, 0.3) is 5.91 Å². The van der Waals surface area contributed by atoms with E-state index in [4.69, 9.17) is 27.6 Å². The first-order valence-electron chi connectivity index (χ1n) is 9.79. The highest BCUT2D eigenvalue weighted by Gasteiger charge is 2.28. The minimum atomic E-state index is -0.428. The van der Waals surface area contributed by atoms with E-state index < -0.39 is 5.91 Å². The van der Waals surface area contributed by atoms with Crippen molar-refractivity contribution in [1.82, 2.24) is 0 Å². The van der Waals surface area contributed by atoms with Crippen molar-refractivity contribution in [3.05, 3.63) is 63.3 Å².